The summed E-state index contributed by atoms with van der Waals surface area (Å²) in [7, 11) is 0. The van der Waals surface area contributed by atoms with Crippen molar-refractivity contribution < 1.29 is 31.4 Å². The summed E-state index contributed by atoms with van der Waals surface area (Å²) in [4.78, 5) is 2.51. The van der Waals surface area contributed by atoms with Gasteiger partial charge >= 0.3 is 6.18 Å². The molecule has 0 aliphatic rings. The average Bonchev–Trinajstić information content (AvgIpc) is 2.00. The van der Waals surface area contributed by atoms with E-state index in [0.717, 1.165) is 0 Å². The third-order valence-electron chi connectivity index (χ3n) is 1.53. The van der Waals surface area contributed by atoms with E-state index in [2.05, 4.69) is 4.98 Å². The zero-order valence-electron chi connectivity index (χ0n) is 6.82. The average molecular weight is 231 g/mol. The van der Waals surface area contributed by atoms with Crippen molar-refractivity contribution in [3.63, 3.8) is 0 Å². The van der Waals surface area contributed by atoms with Crippen LogP contribution >= 0.6 is 0 Å². The van der Waals surface area contributed by atoms with Gasteiger partial charge in [-0.25, -0.2) is 18.2 Å². The molecule has 1 heterocycles. The quantitative estimate of drug-likeness (QED) is 0.754. The van der Waals surface area contributed by atoms with Gasteiger partial charge in [0.25, 0.3) is 6.43 Å². The van der Waals surface area contributed by atoms with Crippen molar-refractivity contribution in [2.75, 3.05) is 0 Å². The van der Waals surface area contributed by atoms with Crippen LogP contribution < -0.4 is 0 Å². The third kappa shape index (κ3) is 2.13. The first-order valence-electron chi connectivity index (χ1n) is 3.48. The maximum atomic E-state index is 12.6. The van der Waals surface area contributed by atoms with E-state index in [0.29, 0.717) is 0 Å². The van der Waals surface area contributed by atoms with Gasteiger partial charge in [-0.1, -0.05) is 0 Å². The maximum absolute atomic E-state index is 12.6. The van der Waals surface area contributed by atoms with Crippen LogP contribution in [0, 0.1) is 5.82 Å². The Morgan fingerprint density at radius 1 is 1.27 bits per heavy atom. The molecule has 1 aromatic rings. The van der Waals surface area contributed by atoms with Crippen LogP contribution in [0.15, 0.2) is 6.20 Å². The monoisotopic (exact) mass is 231 g/mol. The fraction of sp³-hybridized carbons (Fsp3) is 0.286. The highest BCUT2D eigenvalue weighted by Gasteiger charge is 2.39. The highest BCUT2D eigenvalue weighted by molar-refractivity contribution is 5.38. The summed E-state index contributed by atoms with van der Waals surface area (Å²) in [6.45, 7) is 0. The Bertz CT molecular complexity index is 374. The first kappa shape index (κ1) is 11.6. The molecule has 84 valence electrons. The Morgan fingerprint density at radius 3 is 2.20 bits per heavy atom. The largest absolute Gasteiger partial charge is 0.505 e. The lowest BCUT2D eigenvalue weighted by atomic mass is 10.2. The van der Waals surface area contributed by atoms with Gasteiger partial charge in [-0.3, -0.25) is 0 Å². The lowest BCUT2D eigenvalue weighted by Gasteiger charge is -2.11. The highest BCUT2D eigenvalue weighted by atomic mass is 19.4. The van der Waals surface area contributed by atoms with Crippen LogP contribution in [0.4, 0.5) is 26.3 Å². The molecule has 0 aromatic carbocycles. The zero-order valence-corrected chi connectivity index (χ0v) is 6.82. The van der Waals surface area contributed by atoms with Gasteiger partial charge in [0, 0.05) is 0 Å². The number of alkyl halides is 5. The zero-order chi connectivity index (χ0) is 11.8. The lowest BCUT2D eigenvalue weighted by Crippen LogP contribution is -2.10. The highest BCUT2D eigenvalue weighted by Crippen LogP contribution is 2.39. The molecule has 2 nitrogen and oxygen atoms in total. The number of hydrogen-bond donors (Lipinski definition) is 1. The standard InChI is InChI=1S/C7H3F6NO/c8-2-1-14-5(7(11,12)13)4(15)3(2)6(9)10/h1,6,15H. The van der Waals surface area contributed by atoms with Gasteiger partial charge in [-0.15, -0.1) is 0 Å². The van der Waals surface area contributed by atoms with Crippen LogP contribution in [0.3, 0.4) is 0 Å². The van der Waals surface area contributed by atoms with E-state index in [1.165, 1.54) is 0 Å². The molecule has 0 fully saturated rings. The lowest BCUT2D eigenvalue weighted by molar-refractivity contribution is -0.142. The van der Waals surface area contributed by atoms with Crippen molar-refractivity contribution in [2.45, 2.75) is 12.6 Å². The minimum Gasteiger partial charge on any atom is -0.505 e. The summed E-state index contributed by atoms with van der Waals surface area (Å²) in [5, 5.41) is 8.77. The number of rotatable bonds is 1. The molecule has 0 unspecified atom stereocenters. The summed E-state index contributed by atoms with van der Waals surface area (Å²) in [6, 6.07) is 0. The molecule has 0 atom stereocenters. The first-order valence-corrected chi connectivity index (χ1v) is 3.48. The Kier molecular flexibility index (Phi) is 2.78. The Balaban J connectivity index is 3.42. The van der Waals surface area contributed by atoms with Crippen molar-refractivity contribution >= 4 is 0 Å². The third-order valence-corrected chi connectivity index (χ3v) is 1.53. The van der Waals surface area contributed by atoms with E-state index in [1.807, 2.05) is 0 Å². The van der Waals surface area contributed by atoms with Crippen molar-refractivity contribution in [1.29, 1.82) is 0 Å². The van der Waals surface area contributed by atoms with E-state index in [4.69, 9.17) is 5.11 Å². The Morgan fingerprint density at radius 2 is 1.80 bits per heavy atom. The van der Waals surface area contributed by atoms with Gasteiger partial charge in [0.2, 0.25) is 0 Å². The summed E-state index contributed by atoms with van der Waals surface area (Å²) in [5.41, 5.74) is -3.63. The Labute approximate surface area is 79.2 Å². The molecule has 8 heteroatoms. The van der Waals surface area contributed by atoms with Crippen molar-refractivity contribution in [3.05, 3.63) is 23.3 Å². The molecule has 0 saturated heterocycles. The molecule has 0 amide bonds. The van der Waals surface area contributed by atoms with E-state index >= 15 is 0 Å². The van der Waals surface area contributed by atoms with Crippen molar-refractivity contribution in [1.82, 2.24) is 4.98 Å². The smallest absolute Gasteiger partial charge is 0.437 e. The Hall–Kier alpha value is -1.47. The van der Waals surface area contributed by atoms with E-state index < -0.39 is 35.4 Å². The number of aromatic nitrogens is 1. The van der Waals surface area contributed by atoms with Gasteiger partial charge in [-0.05, 0) is 0 Å². The van der Waals surface area contributed by atoms with Crippen LogP contribution in [0.2, 0.25) is 0 Å². The number of nitrogens with zero attached hydrogens (tertiary/aromatic N) is 1. The first-order chi connectivity index (χ1) is 6.75. The van der Waals surface area contributed by atoms with Crippen molar-refractivity contribution in [2.24, 2.45) is 0 Å². The summed E-state index contributed by atoms with van der Waals surface area (Å²) in [6.07, 6.45) is -8.67. The van der Waals surface area contributed by atoms with E-state index in [1.54, 1.807) is 0 Å². The van der Waals surface area contributed by atoms with Gasteiger partial charge in [-0.2, -0.15) is 13.2 Å². The van der Waals surface area contributed by atoms with Crippen LogP contribution in [0.1, 0.15) is 17.7 Å². The molecule has 1 aromatic heterocycles. The number of pyridine rings is 1. The SMILES string of the molecule is Oc1c(C(F)(F)F)ncc(F)c1C(F)F. The minimum absolute atomic E-state index is 0.00988. The summed E-state index contributed by atoms with van der Waals surface area (Å²) >= 11 is 0. The molecule has 1 rings (SSSR count). The maximum Gasteiger partial charge on any atom is 0.437 e. The second-order valence-electron chi connectivity index (χ2n) is 2.52. The molecule has 0 spiro atoms. The van der Waals surface area contributed by atoms with Crippen LogP contribution in [-0.2, 0) is 6.18 Å². The normalized spacial score (nSPS) is 12.2. The second-order valence-corrected chi connectivity index (χ2v) is 2.52. The van der Waals surface area contributed by atoms with Gasteiger partial charge in [0.05, 0.1) is 11.8 Å². The molecule has 0 bridgehead atoms. The van der Waals surface area contributed by atoms with E-state index in [9.17, 15) is 26.3 Å². The predicted molar refractivity (Wildman–Crippen MR) is 35.8 cm³/mol. The summed E-state index contributed by atoms with van der Waals surface area (Å²) < 4.78 is 72.8. The number of halogens is 6. The molecule has 0 aliphatic carbocycles. The van der Waals surface area contributed by atoms with Gasteiger partial charge in [0.15, 0.2) is 17.3 Å². The van der Waals surface area contributed by atoms with Crippen LogP contribution in [0.5, 0.6) is 5.75 Å². The fourth-order valence-electron chi connectivity index (χ4n) is 0.908. The predicted octanol–water partition coefficient (Wildman–Crippen LogP) is 2.88. The minimum atomic E-state index is -5.11. The molecule has 1 N–H and O–H groups in total. The molecule has 0 radical (unpaired) electrons. The second kappa shape index (κ2) is 3.59. The van der Waals surface area contributed by atoms with Gasteiger partial charge < -0.3 is 5.11 Å². The number of hydrogen-bond acceptors (Lipinski definition) is 2. The topological polar surface area (TPSA) is 33.1 Å². The van der Waals surface area contributed by atoms with Crippen LogP contribution in [-0.4, -0.2) is 10.1 Å². The fourth-order valence-corrected chi connectivity index (χ4v) is 0.908. The molecular formula is C7H3F6NO. The van der Waals surface area contributed by atoms with Crippen molar-refractivity contribution in [3.8, 4) is 5.75 Å². The molecular weight excluding hydrogens is 228 g/mol. The molecule has 0 aliphatic heterocycles. The molecule has 0 saturated carbocycles. The van der Waals surface area contributed by atoms with E-state index in [-0.39, 0.29) is 6.20 Å². The van der Waals surface area contributed by atoms with Gasteiger partial charge in [0.1, 0.15) is 0 Å². The van der Waals surface area contributed by atoms with Crippen LogP contribution in [0.25, 0.3) is 0 Å². The number of aromatic hydroxyl groups is 1. The summed E-state index contributed by atoms with van der Waals surface area (Å²) in [5.74, 6) is -3.56. The molecule has 15 heavy (non-hydrogen) atoms.